The number of hydrogen-bond acceptors (Lipinski definition) is 5. The van der Waals surface area contributed by atoms with Crippen LogP contribution >= 0.6 is 0 Å². The van der Waals surface area contributed by atoms with Crippen molar-refractivity contribution in [3.63, 3.8) is 0 Å². The zero-order valence-corrected chi connectivity index (χ0v) is 10.9. The largest absolute Gasteiger partial charge is 0.379 e. The zero-order valence-electron chi connectivity index (χ0n) is 10.9. The van der Waals surface area contributed by atoms with Crippen molar-refractivity contribution in [3.8, 4) is 11.4 Å². The first-order chi connectivity index (χ1) is 9.19. The van der Waals surface area contributed by atoms with E-state index in [0.717, 1.165) is 24.1 Å². The summed E-state index contributed by atoms with van der Waals surface area (Å²) in [5, 5.41) is 17.7. The van der Waals surface area contributed by atoms with Crippen molar-refractivity contribution in [3.05, 3.63) is 35.7 Å². The molecule has 5 heteroatoms. The zero-order chi connectivity index (χ0) is 13.3. The van der Waals surface area contributed by atoms with E-state index in [1.54, 1.807) is 0 Å². The number of β-amino-alcohol motifs (C(OH)–C–C–N with tert-alkyl or cyclic N) is 1. The highest BCUT2D eigenvalue weighted by molar-refractivity contribution is 5.59. The van der Waals surface area contributed by atoms with Gasteiger partial charge >= 0.3 is 0 Å². The van der Waals surface area contributed by atoms with Crippen LogP contribution < -0.4 is 5.32 Å². The summed E-state index contributed by atoms with van der Waals surface area (Å²) in [4.78, 5) is 4.37. The summed E-state index contributed by atoms with van der Waals surface area (Å²) in [6.07, 6.45) is 1.55. The van der Waals surface area contributed by atoms with Crippen LogP contribution in [0.1, 0.15) is 24.3 Å². The Balaban J connectivity index is 1.93. The fourth-order valence-corrected chi connectivity index (χ4v) is 2.42. The molecule has 2 N–H and O–H groups in total. The molecule has 1 aliphatic heterocycles. The topological polar surface area (TPSA) is 71.2 Å². The van der Waals surface area contributed by atoms with E-state index in [0.29, 0.717) is 24.7 Å². The van der Waals surface area contributed by atoms with E-state index in [1.807, 2.05) is 31.2 Å². The highest BCUT2D eigenvalue weighted by atomic mass is 16.5. The molecule has 5 nitrogen and oxygen atoms in total. The summed E-state index contributed by atoms with van der Waals surface area (Å²) in [7, 11) is 0. The van der Waals surface area contributed by atoms with Crippen LogP contribution in [0.5, 0.6) is 0 Å². The van der Waals surface area contributed by atoms with Gasteiger partial charge in [0.2, 0.25) is 5.82 Å². The molecule has 1 aromatic carbocycles. The van der Waals surface area contributed by atoms with E-state index in [4.69, 9.17) is 4.52 Å². The van der Waals surface area contributed by atoms with Crippen LogP contribution in [0.15, 0.2) is 28.8 Å². The van der Waals surface area contributed by atoms with E-state index in [-0.39, 0.29) is 0 Å². The van der Waals surface area contributed by atoms with Gasteiger partial charge in [-0.3, -0.25) is 0 Å². The van der Waals surface area contributed by atoms with Crippen LogP contribution in [0.25, 0.3) is 11.4 Å². The molecule has 1 aliphatic rings. The maximum atomic E-state index is 10.5. The summed E-state index contributed by atoms with van der Waals surface area (Å²) in [6, 6.07) is 7.86. The van der Waals surface area contributed by atoms with Gasteiger partial charge in [-0.2, -0.15) is 4.98 Å². The molecule has 1 unspecified atom stereocenters. The number of aryl methyl sites for hydroxylation is 1. The highest BCUT2D eigenvalue weighted by Crippen LogP contribution is 2.29. The van der Waals surface area contributed by atoms with Gasteiger partial charge in [0.15, 0.2) is 5.60 Å². The lowest BCUT2D eigenvalue weighted by molar-refractivity contribution is -0.0167. The fraction of sp³-hybridized carbons (Fsp3) is 0.429. The Kier molecular flexibility index (Phi) is 3.08. The molecule has 0 aliphatic carbocycles. The van der Waals surface area contributed by atoms with Crippen LogP contribution in [0, 0.1) is 6.92 Å². The second-order valence-electron chi connectivity index (χ2n) is 5.05. The predicted octanol–water partition coefficient (Wildman–Crippen LogP) is 1.62. The van der Waals surface area contributed by atoms with Crippen LogP contribution in [-0.2, 0) is 5.60 Å². The van der Waals surface area contributed by atoms with Gasteiger partial charge < -0.3 is 14.9 Å². The lowest BCUT2D eigenvalue weighted by Gasteiger charge is -2.28. The Morgan fingerprint density at radius 3 is 2.95 bits per heavy atom. The summed E-state index contributed by atoms with van der Waals surface area (Å²) >= 11 is 0. The molecule has 1 saturated heterocycles. The van der Waals surface area contributed by atoms with Gasteiger partial charge in [-0.1, -0.05) is 29.4 Å². The molecular formula is C14H17N3O2. The summed E-state index contributed by atoms with van der Waals surface area (Å²) < 4.78 is 5.27. The van der Waals surface area contributed by atoms with Gasteiger partial charge in [-0.05, 0) is 31.9 Å². The maximum absolute atomic E-state index is 10.5. The molecule has 0 bridgehead atoms. The number of nitrogens with zero attached hydrogens (tertiary/aromatic N) is 2. The first kappa shape index (κ1) is 12.3. The third-order valence-corrected chi connectivity index (χ3v) is 3.57. The van der Waals surface area contributed by atoms with E-state index < -0.39 is 5.60 Å². The fourth-order valence-electron chi connectivity index (χ4n) is 2.42. The third-order valence-electron chi connectivity index (χ3n) is 3.57. The second-order valence-corrected chi connectivity index (χ2v) is 5.05. The molecular weight excluding hydrogens is 242 g/mol. The summed E-state index contributed by atoms with van der Waals surface area (Å²) in [6.45, 7) is 3.38. The van der Waals surface area contributed by atoms with Crippen LogP contribution in [0.3, 0.4) is 0 Å². The SMILES string of the molecule is Cc1ccccc1-c1noc(C2(O)CCCNC2)n1. The monoisotopic (exact) mass is 259 g/mol. The second kappa shape index (κ2) is 4.75. The highest BCUT2D eigenvalue weighted by Gasteiger charge is 2.37. The Hall–Kier alpha value is -1.72. The molecule has 2 aromatic rings. The molecule has 0 saturated carbocycles. The number of benzene rings is 1. The molecule has 0 amide bonds. The molecule has 100 valence electrons. The quantitative estimate of drug-likeness (QED) is 0.857. The lowest BCUT2D eigenvalue weighted by atomic mass is 9.94. The van der Waals surface area contributed by atoms with Gasteiger partial charge in [0.05, 0.1) is 0 Å². The molecule has 1 aromatic heterocycles. The maximum Gasteiger partial charge on any atom is 0.260 e. The Labute approximate surface area is 111 Å². The normalized spacial score (nSPS) is 23.5. The minimum absolute atomic E-state index is 0.304. The van der Waals surface area contributed by atoms with Crippen molar-refractivity contribution >= 4 is 0 Å². The van der Waals surface area contributed by atoms with Crippen molar-refractivity contribution < 1.29 is 9.63 Å². The van der Waals surface area contributed by atoms with Crippen LogP contribution in [-0.4, -0.2) is 28.3 Å². The van der Waals surface area contributed by atoms with Crippen LogP contribution in [0.4, 0.5) is 0 Å². The Bertz CT molecular complexity index is 574. The average Bonchev–Trinajstić information content (AvgIpc) is 2.90. The molecule has 19 heavy (non-hydrogen) atoms. The molecule has 2 heterocycles. The number of hydrogen-bond donors (Lipinski definition) is 2. The van der Waals surface area contributed by atoms with Crippen molar-refractivity contribution in [2.45, 2.75) is 25.4 Å². The Morgan fingerprint density at radius 2 is 2.21 bits per heavy atom. The predicted molar refractivity (Wildman–Crippen MR) is 70.5 cm³/mol. The van der Waals surface area contributed by atoms with Gasteiger partial charge in [0, 0.05) is 12.1 Å². The Morgan fingerprint density at radius 1 is 1.37 bits per heavy atom. The van der Waals surface area contributed by atoms with E-state index in [1.165, 1.54) is 0 Å². The molecule has 1 fully saturated rings. The first-order valence-corrected chi connectivity index (χ1v) is 6.52. The summed E-state index contributed by atoms with van der Waals surface area (Å²) in [5.41, 5.74) is 0.986. The summed E-state index contributed by atoms with van der Waals surface area (Å²) in [5.74, 6) is 0.838. The van der Waals surface area contributed by atoms with E-state index >= 15 is 0 Å². The average molecular weight is 259 g/mol. The third kappa shape index (κ3) is 2.27. The number of rotatable bonds is 2. The smallest absolute Gasteiger partial charge is 0.260 e. The molecule has 1 atom stereocenters. The first-order valence-electron chi connectivity index (χ1n) is 6.52. The van der Waals surface area contributed by atoms with Gasteiger partial charge in [-0.15, -0.1) is 0 Å². The van der Waals surface area contributed by atoms with Crippen molar-refractivity contribution in [1.29, 1.82) is 0 Å². The van der Waals surface area contributed by atoms with Gasteiger partial charge in [0.1, 0.15) is 0 Å². The number of nitrogens with one attached hydrogen (secondary N) is 1. The number of aromatic nitrogens is 2. The van der Waals surface area contributed by atoms with Gasteiger partial charge in [0.25, 0.3) is 5.89 Å². The van der Waals surface area contributed by atoms with E-state index in [2.05, 4.69) is 15.5 Å². The van der Waals surface area contributed by atoms with Crippen molar-refractivity contribution in [2.24, 2.45) is 0 Å². The minimum Gasteiger partial charge on any atom is -0.379 e. The van der Waals surface area contributed by atoms with Gasteiger partial charge in [-0.25, -0.2) is 0 Å². The molecule has 0 radical (unpaired) electrons. The minimum atomic E-state index is -1.04. The number of piperidine rings is 1. The van der Waals surface area contributed by atoms with E-state index in [9.17, 15) is 5.11 Å². The lowest BCUT2D eigenvalue weighted by Crippen LogP contribution is -2.43. The van der Waals surface area contributed by atoms with Crippen LogP contribution in [0.2, 0.25) is 0 Å². The molecule has 3 rings (SSSR count). The molecule has 0 spiro atoms. The standard InChI is InChI=1S/C14H17N3O2/c1-10-5-2-3-6-11(10)12-16-13(19-17-12)14(18)7-4-8-15-9-14/h2-3,5-6,15,18H,4,7-9H2,1H3. The van der Waals surface area contributed by atoms with Crippen molar-refractivity contribution in [2.75, 3.05) is 13.1 Å². The number of aliphatic hydroxyl groups is 1. The van der Waals surface area contributed by atoms with Crippen molar-refractivity contribution in [1.82, 2.24) is 15.5 Å².